The lowest BCUT2D eigenvalue weighted by atomic mass is 10.1. The summed E-state index contributed by atoms with van der Waals surface area (Å²) in [7, 11) is 3.14. The van der Waals surface area contributed by atoms with Gasteiger partial charge in [0.15, 0.2) is 5.75 Å². The van der Waals surface area contributed by atoms with Crippen LogP contribution in [-0.4, -0.2) is 24.5 Å². The maximum absolute atomic E-state index is 7.86. The van der Waals surface area contributed by atoms with E-state index in [9.17, 15) is 0 Å². The molecule has 1 aromatic rings. The third kappa shape index (κ3) is 2.36. The molecule has 4 nitrogen and oxygen atoms in total. The second-order valence-corrected chi connectivity index (χ2v) is 3.57. The van der Waals surface area contributed by atoms with Gasteiger partial charge in [-0.1, -0.05) is 6.07 Å². The van der Waals surface area contributed by atoms with Crippen LogP contribution in [0, 0.1) is 5.41 Å². The van der Waals surface area contributed by atoms with E-state index >= 15 is 0 Å². The number of rotatable bonds is 3. The minimum atomic E-state index is 0.252. The van der Waals surface area contributed by atoms with Gasteiger partial charge in [-0.2, -0.15) is 0 Å². The molecule has 80 valence electrons. The van der Waals surface area contributed by atoms with Gasteiger partial charge in [0.1, 0.15) is 4.62 Å². The minimum absolute atomic E-state index is 0.252. The number of nitrogens with two attached hydrogens (primary N) is 1. The van der Waals surface area contributed by atoms with E-state index < -0.39 is 0 Å². The lowest BCUT2D eigenvalue weighted by molar-refractivity contribution is 0.416. The first-order valence-corrected chi connectivity index (χ1v) is 5.05. The minimum Gasteiger partial charge on any atom is -0.494 e. The fraction of sp³-hybridized carbons (Fsp3) is 0.200. The molecule has 0 saturated carbocycles. The van der Waals surface area contributed by atoms with Gasteiger partial charge in [0.05, 0.1) is 18.5 Å². The van der Waals surface area contributed by atoms with Crippen LogP contribution in [0.2, 0.25) is 0 Å². The summed E-state index contributed by atoms with van der Waals surface area (Å²) in [5.74, 6) is 0.503. The van der Waals surface area contributed by atoms with E-state index in [-0.39, 0.29) is 5.71 Å². The zero-order chi connectivity index (χ0) is 11.4. The lowest BCUT2D eigenvalue weighted by Crippen LogP contribution is -2.10. The molecule has 0 aromatic heterocycles. The molecule has 15 heavy (non-hydrogen) atoms. The molecule has 0 atom stereocenters. The van der Waals surface area contributed by atoms with Crippen LogP contribution < -0.4 is 10.5 Å². The van der Waals surface area contributed by atoms with Crippen LogP contribution in [0.5, 0.6) is 5.75 Å². The Hall–Kier alpha value is -1.36. The highest BCUT2D eigenvalue weighted by Gasteiger charge is 2.13. The van der Waals surface area contributed by atoms with E-state index in [0.29, 0.717) is 21.6 Å². The zero-order valence-corrected chi connectivity index (χ0v) is 10.1. The molecular weight excluding hydrogens is 258 g/mol. The van der Waals surface area contributed by atoms with E-state index in [0.717, 1.165) is 0 Å². The molecule has 0 fully saturated rings. The van der Waals surface area contributed by atoms with Gasteiger partial charge in [0, 0.05) is 12.6 Å². The van der Waals surface area contributed by atoms with Gasteiger partial charge in [0.25, 0.3) is 0 Å². The molecule has 0 bridgehead atoms. The summed E-state index contributed by atoms with van der Waals surface area (Å²) in [5, 5.41) is 7.86. The number of nitrogens with one attached hydrogen (secondary N) is 1. The molecule has 5 heteroatoms. The molecule has 0 spiro atoms. The summed E-state index contributed by atoms with van der Waals surface area (Å²) in [6, 6.07) is 5.27. The van der Waals surface area contributed by atoms with Crippen LogP contribution >= 0.6 is 15.9 Å². The van der Waals surface area contributed by atoms with Crippen molar-refractivity contribution in [3.63, 3.8) is 0 Å². The van der Waals surface area contributed by atoms with Crippen LogP contribution in [0.15, 0.2) is 23.2 Å². The fourth-order valence-electron chi connectivity index (χ4n) is 1.20. The second kappa shape index (κ2) is 4.93. The summed E-state index contributed by atoms with van der Waals surface area (Å²) in [5.41, 5.74) is 7.12. The van der Waals surface area contributed by atoms with Gasteiger partial charge in [-0.3, -0.25) is 10.4 Å². The van der Waals surface area contributed by atoms with E-state index in [1.165, 1.54) is 7.11 Å². The maximum Gasteiger partial charge on any atom is 0.151 e. The molecule has 0 saturated heterocycles. The Bertz CT molecular complexity index is 415. The smallest absolute Gasteiger partial charge is 0.151 e. The van der Waals surface area contributed by atoms with Crippen molar-refractivity contribution in [1.29, 1.82) is 5.41 Å². The van der Waals surface area contributed by atoms with Crippen molar-refractivity contribution >= 4 is 31.9 Å². The number of benzene rings is 1. The maximum atomic E-state index is 7.86. The van der Waals surface area contributed by atoms with Crippen molar-refractivity contribution < 1.29 is 4.74 Å². The normalized spacial score (nSPS) is 11.3. The van der Waals surface area contributed by atoms with Crippen LogP contribution in [0.25, 0.3) is 0 Å². The number of halogens is 1. The highest BCUT2D eigenvalue weighted by molar-refractivity contribution is 9.19. The van der Waals surface area contributed by atoms with Crippen LogP contribution in [0.1, 0.15) is 5.56 Å². The van der Waals surface area contributed by atoms with Crippen molar-refractivity contribution in [2.24, 2.45) is 4.99 Å². The summed E-state index contributed by atoms with van der Waals surface area (Å²) < 4.78 is 5.61. The third-order valence-electron chi connectivity index (χ3n) is 1.92. The molecule has 0 heterocycles. The summed E-state index contributed by atoms with van der Waals surface area (Å²) in [6.45, 7) is 0. The van der Waals surface area contributed by atoms with Gasteiger partial charge >= 0.3 is 0 Å². The van der Waals surface area contributed by atoms with E-state index in [1.54, 1.807) is 25.2 Å². The molecule has 0 amide bonds. The van der Waals surface area contributed by atoms with Gasteiger partial charge in [-0.15, -0.1) is 0 Å². The Morgan fingerprint density at radius 1 is 1.53 bits per heavy atom. The second-order valence-electron chi connectivity index (χ2n) is 2.82. The average Bonchev–Trinajstić information content (AvgIpc) is 2.26. The average molecular weight is 270 g/mol. The van der Waals surface area contributed by atoms with E-state index in [2.05, 4.69) is 20.9 Å². The van der Waals surface area contributed by atoms with Crippen LogP contribution in [0.3, 0.4) is 0 Å². The molecule has 0 aliphatic carbocycles. The standard InChI is InChI=1S/C10H12BrN3O/c1-14-10(11)8(13)6-4-3-5-7(12)9(6)15-2/h3-5,13H,12H2,1-2H3. The summed E-state index contributed by atoms with van der Waals surface area (Å²) in [4.78, 5) is 3.88. The first kappa shape index (κ1) is 11.7. The van der Waals surface area contributed by atoms with Gasteiger partial charge in [-0.25, -0.2) is 0 Å². The molecule has 0 unspecified atom stereocenters. The number of nitrogen functional groups attached to an aromatic ring is 1. The lowest BCUT2D eigenvalue weighted by Gasteiger charge is -2.10. The Morgan fingerprint density at radius 2 is 2.20 bits per heavy atom. The number of para-hydroxylation sites is 1. The number of aliphatic imine (C=N–C) groups is 1. The molecule has 0 aliphatic heterocycles. The molecule has 1 aromatic carbocycles. The molecule has 0 aliphatic rings. The predicted octanol–water partition coefficient (Wildman–Crippen LogP) is 2.07. The monoisotopic (exact) mass is 269 g/mol. The first-order valence-electron chi connectivity index (χ1n) is 4.25. The highest BCUT2D eigenvalue weighted by atomic mass is 79.9. The molecule has 1 rings (SSSR count). The van der Waals surface area contributed by atoms with E-state index in [1.807, 2.05) is 0 Å². The zero-order valence-electron chi connectivity index (χ0n) is 8.54. The Labute approximate surface area is 96.8 Å². The predicted molar refractivity (Wildman–Crippen MR) is 66.5 cm³/mol. The van der Waals surface area contributed by atoms with E-state index in [4.69, 9.17) is 15.9 Å². The Balaban J connectivity index is 3.26. The quantitative estimate of drug-likeness (QED) is 0.652. The highest BCUT2D eigenvalue weighted by Crippen LogP contribution is 2.26. The Kier molecular flexibility index (Phi) is 3.85. The molecule has 3 N–H and O–H groups in total. The number of methoxy groups -OCH3 is 1. The SMILES string of the molecule is CN=C(Br)C(=N)c1cccc(N)c1OC. The number of ether oxygens (including phenoxy) is 1. The van der Waals surface area contributed by atoms with Crippen molar-refractivity contribution in [1.82, 2.24) is 0 Å². The van der Waals surface area contributed by atoms with Crippen LogP contribution in [-0.2, 0) is 0 Å². The molecular formula is C10H12BrN3O. The Morgan fingerprint density at radius 3 is 2.73 bits per heavy atom. The van der Waals surface area contributed by atoms with Crippen molar-refractivity contribution in [2.75, 3.05) is 19.9 Å². The van der Waals surface area contributed by atoms with Crippen LogP contribution in [0.4, 0.5) is 5.69 Å². The largest absolute Gasteiger partial charge is 0.494 e. The van der Waals surface area contributed by atoms with Crippen molar-refractivity contribution in [3.8, 4) is 5.75 Å². The number of anilines is 1. The third-order valence-corrected chi connectivity index (χ3v) is 2.67. The summed E-state index contributed by atoms with van der Waals surface area (Å²) in [6.07, 6.45) is 0. The van der Waals surface area contributed by atoms with Crippen molar-refractivity contribution in [2.45, 2.75) is 0 Å². The van der Waals surface area contributed by atoms with Gasteiger partial charge in [0.2, 0.25) is 0 Å². The topological polar surface area (TPSA) is 71.5 Å². The summed E-state index contributed by atoms with van der Waals surface area (Å²) >= 11 is 3.20. The first-order chi connectivity index (χ1) is 7.11. The number of nitrogens with zero attached hydrogens (tertiary/aromatic N) is 1. The number of hydrogen-bond acceptors (Lipinski definition) is 4. The van der Waals surface area contributed by atoms with Crippen molar-refractivity contribution in [3.05, 3.63) is 23.8 Å². The fourth-order valence-corrected chi connectivity index (χ4v) is 1.42. The van der Waals surface area contributed by atoms with Gasteiger partial charge in [-0.05, 0) is 28.1 Å². The number of hydrogen-bond donors (Lipinski definition) is 2. The molecule has 0 radical (unpaired) electrons. The van der Waals surface area contributed by atoms with Gasteiger partial charge < -0.3 is 10.5 Å².